The Kier molecular flexibility index (Phi) is 4.50. The Morgan fingerprint density at radius 2 is 1.84 bits per heavy atom. The van der Waals surface area contributed by atoms with E-state index in [1.807, 2.05) is 26.0 Å². The van der Waals surface area contributed by atoms with E-state index < -0.39 is 15.8 Å². The molecule has 1 heterocycles. The molecule has 0 aliphatic rings. The van der Waals surface area contributed by atoms with Gasteiger partial charge >= 0.3 is 0 Å². The third-order valence-corrected chi connectivity index (χ3v) is 6.30. The minimum absolute atomic E-state index is 0.0639. The molecule has 0 amide bonds. The Labute approximate surface area is 149 Å². The summed E-state index contributed by atoms with van der Waals surface area (Å²) in [6.07, 6.45) is 5.44. The normalized spacial score (nSPS) is 12.5. The molecule has 0 radical (unpaired) electrons. The van der Waals surface area contributed by atoms with Crippen LogP contribution in [0.15, 0.2) is 45.7 Å². The van der Waals surface area contributed by atoms with Crippen LogP contribution in [0, 0.1) is 32.0 Å². The number of nitrogens with zero attached hydrogens (tertiary/aromatic N) is 2. The van der Waals surface area contributed by atoms with Gasteiger partial charge in [-0.1, -0.05) is 17.3 Å². The quantitative estimate of drug-likeness (QED) is 0.660. The van der Waals surface area contributed by atoms with Crippen molar-refractivity contribution < 1.29 is 12.8 Å². The Morgan fingerprint density at radius 1 is 1.20 bits per heavy atom. The summed E-state index contributed by atoms with van der Waals surface area (Å²) in [5, 5.41) is 0. The van der Waals surface area contributed by atoms with Crippen LogP contribution in [0.1, 0.15) is 11.1 Å². The zero-order valence-electron chi connectivity index (χ0n) is 13.7. The fourth-order valence-corrected chi connectivity index (χ4v) is 4.71. The number of thiazole rings is 1. The molecule has 3 rings (SSSR count). The average Bonchev–Trinajstić information content (AvgIpc) is 2.85. The van der Waals surface area contributed by atoms with Gasteiger partial charge in [-0.25, -0.2) is 4.39 Å². The van der Waals surface area contributed by atoms with Crippen molar-refractivity contribution in [1.29, 1.82) is 0 Å². The van der Waals surface area contributed by atoms with Gasteiger partial charge in [-0.2, -0.15) is 8.42 Å². The predicted molar refractivity (Wildman–Crippen MR) is 97.3 cm³/mol. The Hall–Kier alpha value is -2.43. The summed E-state index contributed by atoms with van der Waals surface area (Å²) in [4.78, 5) is 0.230. The molecule has 128 valence electrons. The van der Waals surface area contributed by atoms with Gasteiger partial charge in [0.2, 0.25) is 4.80 Å². The molecule has 1 aromatic heterocycles. The minimum Gasteiger partial charge on any atom is -0.304 e. The van der Waals surface area contributed by atoms with Gasteiger partial charge in [0, 0.05) is 0 Å². The van der Waals surface area contributed by atoms with Crippen molar-refractivity contribution in [3.05, 3.63) is 58.1 Å². The summed E-state index contributed by atoms with van der Waals surface area (Å²) in [6, 6.07) is 8.54. The van der Waals surface area contributed by atoms with Crippen molar-refractivity contribution in [2.45, 2.75) is 25.3 Å². The highest BCUT2D eigenvalue weighted by Gasteiger charge is 2.15. The maximum Gasteiger partial charge on any atom is 0.285 e. The van der Waals surface area contributed by atoms with Gasteiger partial charge in [-0.3, -0.25) is 0 Å². The van der Waals surface area contributed by atoms with Gasteiger partial charge in [0.15, 0.2) is 0 Å². The zero-order valence-corrected chi connectivity index (χ0v) is 15.3. The van der Waals surface area contributed by atoms with Crippen molar-refractivity contribution >= 4 is 31.6 Å². The average molecular weight is 374 g/mol. The van der Waals surface area contributed by atoms with Crippen LogP contribution >= 0.6 is 11.3 Å². The molecule has 0 fully saturated rings. The van der Waals surface area contributed by atoms with E-state index in [0.29, 0.717) is 4.80 Å². The molecule has 0 unspecified atom stereocenters. The van der Waals surface area contributed by atoms with Crippen LogP contribution < -0.4 is 4.80 Å². The number of sulfonamides is 1. The standard InChI is InChI=1S/C18H15FN2O2S2/c1-4-9-21-16-10-12(2)13(3)11-17(16)24-18(21)20-25(22,23)15-7-5-14(19)6-8-15/h1,5-8,10-11H,9H2,2-3H3. The van der Waals surface area contributed by atoms with Crippen molar-refractivity contribution in [2.24, 2.45) is 4.40 Å². The number of hydrogen-bond acceptors (Lipinski definition) is 3. The fraction of sp³-hybridized carbons (Fsp3) is 0.167. The highest BCUT2D eigenvalue weighted by Crippen LogP contribution is 2.22. The second kappa shape index (κ2) is 6.47. The van der Waals surface area contributed by atoms with E-state index in [9.17, 15) is 12.8 Å². The molecule has 7 heteroatoms. The van der Waals surface area contributed by atoms with E-state index in [4.69, 9.17) is 6.42 Å². The van der Waals surface area contributed by atoms with Crippen LogP contribution in [0.4, 0.5) is 4.39 Å². The van der Waals surface area contributed by atoms with E-state index in [0.717, 1.165) is 33.5 Å². The van der Waals surface area contributed by atoms with Crippen LogP contribution in [-0.2, 0) is 16.6 Å². The molecule has 0 N–H and O–H groups in total. The van der Waals surface area contributed by atoms with Crippen molar-refractivity contribution in [3.63, 3.8) is 0 Å². The number of aryl methyl sites for hydroxylation is 2. The Bertz CT molecular complexity index is 1160. The number of hydrogen-bond donors (Lipinski definition) is 0. The molecule has 25 heavy (non-hydrogen) atoms. The van der Waals surface area contributed by atoms with Crippen LogP contribution in [0.3, 0.4) is 0 Å². The predicted octanol–water partition coefficient (Wildman–Crippen LogP) is 3.38. The molecule has 0 aliphatic carbocycles. The molecular weight excluding hydrogens is 359 g/mol. The number of terminal acetylenes is 1. The molecule has 0 atom stereocenters. The smallest absolute Gasteiger partial charge is 0.285 e. The second-order valence-electron chi connectivity index (χ2n) is 5.60. The zero-order chi connectivity index (χ0) is 18.2. The third kappa shape index (κ3) is 3.36. The summed E-state index contributed by atoms with van der Waals surface area (Å²) in [6.45, 7) is 4.19. The van der Waals surface area contributed by atoms with Crippen molar-refractivity contribution in [1.82, 2.24) is 4.57 Å². The van der Waals surface area contributed by atoms with Crippen molar-refractivity contribution in [3.8, 4) is 12.3 Å². The number of fused-ring (bicyclic) bond motifs is 1. The van der Waals surface area contributed by atoms with Gasteiger partial charge < -0.3 is 4.57 Å². The molecule has 4 nitrogen and oxygen atoms in total. The largest absolute Gasteiger partial charge is 0.304 e. The van der Waals surface area contributed by atoms with E-state index in [1.54, 1.807) is 4.57 Å². The van der Waals surface area contributed by atoms with Crippen LogP contribution in [-0.4, -0.2) is 13.0 Å². The lowest BCUT2D eigenvalue weighted by molar-refractivity contribution is 0.594. The van der Waals surface area contributed by atoms with E-state index >= 15 is 0 Å². The van der Waals surface area contributed by atoms with Gasteiger partial charge in [-0.15, -0.1) is 10.8 Å². The summed E-state index contributed by atoms with van der Waals surface area (Å²) < 4.78 is 44.6. The van der Waals surface area contributed by atoms with Crippen LogP contribution in [0.5, 0.6) is 0 Å². The molecule has 0 saturated heterocycles. The molecule has 0 bridgehead atoms. The van der Waals surface area contributed by atoms with Gasteiger partial charge in [0.05, 0.1) is 21.7 Å². The van der Waals surface area contributed by atoms with E-state index in [-0.39, 0.29) is 11.4 Å². The fourth-order valence-electron chi connectivity index (χ4n) is 2.40. The monoisotopic (exact) mass is 374 g/mol. The summed E-state index contributed by atoms with van der Waals surface area (Å²) in [5.41, 5.74) is 3.04. The highest BCUT2D eigenvalue weighted by atomic mass is 32.2. The van der Waals surface area contributed by atoms with Crippen LogP contribution in [0.2, 0.25) is 0 Å². The third-order valence-electron chi connectivity index (χ3n) is 3.86. The maximum absolute atomic E-state index is 13.0. The Morgan fingerprint density at radius 3 is 2.48 bits per heavy atom. The lowest BCUT2D eigenvalue weighted by atomic mass is 10.1. The highest BCUT2D eigenvalue weighted by molar-refractivity contribution is 7.90. The number of rotatable bonds is 3. The summed E-state index contributed by atoms with van der Waals surface area (Å²) >= 11 is 1.26. The SMILES string of the molecule is C#CCn1c(=NS(=O)(=O)c2ccc(F)cc2)sc2cc(C)c(C)cc21. The second-order valence-corrected chi connectivity index (χ2v) is 8.21. The first kappa shape index (κ1) is 17.4. The first-order valence-electron chi connectivity index (χ1n) is 7.42. The number of halogens is 1. The first-order valence-corrected chi connectivity index (χ1v) is 9.68. The van der Waals surface area contributed by atoms with Gasteiger partial charge in [0.25, 0.3) is 10.0 Å². The first-order chi connectivity index (χ1) is 11.8. The molecular formula is C18H15FN2O2S2. The van der Waals surface area contributed by atoms with E-state index in [2.05, 4.69) is 10.3 Å². The van der Waals surface area contributed by atoms with Crippen LogP contribution in [0.25, 0.3) is 10.2 Å². The molecule has 3 aromatic rings. The number of aromatic nitrogens is 1. The molecule has 2 aromatic carbocycles. The van der Waals surface area contributed by atoms with Gasteiger partial charge in [-0.05, 0) is 61.4 Å². The molecule has 0 spiro atoms. The summed E-state index contributed by atoms with van der Waals surface area (Å²) in [5.74, 6) is 2.03. The number of benzene rings is 2. The topological polar surface area (TPSA) is 51.4 Å². The molecule has 0 saturated carbocycles. The summed E-state index contributed by atoms with van der Waals surface area (Å²) in [7, 11) is -3.96. The van der Waals surface area contributed by atoms with Gasteiger partial charge in [0.1, 0.15) is 5.82 Å². The lowest BCUT2D eigenvalue weighted by Gasteiger charge is -2.03. The van der Waals surface area contributed by atoms with E-state index in [1.165, 1.54) is 23.5 Å². The van der Waals surface area contributed by atoms with Crippen molar-refractivity contribution in [2.75, 3.05) is 0 Å². The minimum atomic E-state index is -3.96. The Balaban J connectivity index is 2.27. The molecule has 0 aliphatic heterocycles. The lowest BCUT2D eigenvalue weighted by Crippen LogP contribution is -2.16. The maximum atomic E-state index is 13.0.